The Bertz CT molecular complexity index is 494. The van der Waals surface area contributed by atoms with Gasteiger partial charge in [-0.05, 0) is 24.5 Å². The van der Waals surface area contributed by atoms with Crippen LogP contribution in [0.1, 0.15) is 37.7 Å². The number of fused-ring (bicyclic) bond motifs is 1. The number of rotatable bonds is 8. The summed E-state index contributed by atoms with van der Waals surface area (Å²) in [5.74, 6) is 0.368. The molecule has 0 aliphatic carbocycles. The minimum absolute atomic E-state index is 0.0733. The molecule has 0 bridgehead atoms. The molecule has 1 aliphatic rings. The largest absolute Gasteiger partial charge is 0.480 e. The SMILES string of the molecule is O=C(CCCCCCNC(=O)C1Cc2ccccc2O1)NO. The van der Waals surface area contributed by atoms with Crippen molar-refractivity contribution in [3.05, 3.63) is 29.8 Å². The average Bonchev–Trinajstić information content (AvgIpc) is 2.97. The van der Waals surface area contributed by atoms with Crippen molar-refractivity contribution in [2.24, 2.45) is 0 Å². The van der Waals surface area contributed by atoms with Crippen molar-refractivity contribution < 1.29 is 19.5 Å². The molecular weight excluding hydrogens is 284 g/mol. The molecule has 1 unspecified atom stereocenters. The Morgan fingerprint density at radius 1 is 1.18 bits per heavy atom. The highest BCUT2D eigenvalue weighted by Crippen LogP contribution is 2.28. The van der Waals surface area contributed by atoms with Gasteiger partial charge in [0, 0.05) is 19.4 Å². The number of benzene rings is 1. The van der Waals surface area contributed by atoms with Crippen LogP contribution in [0.25, 0.3) is 0 Å². The highest BCUT2D eigenvalue weighted by molar-refractivity contribution is 5.82. The number of carbonyl (C=O) groups is 2. The van der Waals surface area contributed by atoms with E-state index >= 15 is 0 Å². The van der Waals surface area contributed by atoms with E-state index in [9.17, 15) is 9.59 Å². The summed E-state index contributed by atoms with van der Waals surface area (Å²) in [5.41, 5.74) is 2.68. The highest BCUT2D eigenvalue weighted by Gasteiger charge is 2.28. The lowest BCUT2D eigenvalue weighted by Crippen LogP contribution is -2.37. The first-order valence-electron chi connectivity index (χ1n) is 7.66. The molecule has 1 aromatic rings. The Hall–Kier alpha value is -2.08. The molecule has 0 saturated carbocycles. The van der Waals surface area contributed by atoms with Gasteiger partial charge in [0.25, 0.3) is 5.91 Å². The molecule has 3 N–H and O–H groups in total. The molecule has 6 heteroatoms. The molecule has 0 aromatic heterocycles. The van der Waals surface area contributed by atoms with Crippen LogP contribution in [0.5, 0.6) is 5.75 Å². The van der Waals surface area contributed by atoms with Crippen LogP contribution in [-0.4, -0.2) is 29.7 Å². The van der Waals surface area contributed by atoms with Crippen LogP contribution in [0, 0.1) is 0 Å². The highest BCUT2D eigenvalue weighted by atomic mass is 16.5. The van der Waals surface area contributed by atoms with E-state index in [1.165, 1.54) is 0 Å². The molecule has 0 radical (unpaired) electrons. The van der Waals surface area contributed by atoms with Gasteiger partial charge in [0.15, 0.2) is 6.10 Å². The third-order valence-corrected chi connectivity index (χ3v) is 3.69. The summed E-state index contributed by atoms with van der Waals surface area (Å²) in [6.45, 7) is 0.612. The average molecular weight is 306 g/mol. The molecule has 6 nitrogen and oxygen atoms in total. The monoisotopic (exact) mass is 306 g/mol. The number of nitrogens with one attached hydrogen (secondary N) is 2. The molecule has 120 valence electrons. The Kier molecular flexibility index (Phi) is 6.21. The van der Waals surface area contributed by atoms with E-state index in [4.69, 9.17) is 9.94 Å². The van der Waals surface area contributed by atoms with Gasteiger partial charge in [-0.3, -0.25) is 14.8 Å². The van der Waals surface area contributed by atoms with Crippen LogP contribution in [0.2, 0.25) is 0 Å². The van der Waals surface area contributed by atoms with Crippen molar-refractivity contribution in [2.45, 2.75) is 44.6 Å². The van der Waals surface area contributed by atoms with Crippen LogP contribution < -0.4 is 15.5 Å². The van der Waals surface area contributed by atoms with Crippen LogP contribution in [-0.2, 0) is 16.0 Å². The maximum Gasteiger partial charge on any atom is 0.261 e. The van der Waals surface area contributed by atoms with Crippen molar-refractivity contribution >= 4 is 11.8 Å². The van der Waals surface area contributed by atoms with E-state index < -0.39 is 6.10 Å². The minimum Gasteiger partial charge on any atom is -0.480 e. The Balaban J connectivity index is 1.55. The van der Waals surface area contributed by atoms with Crippen molar-refractivity contribution in [3.63, 3.8) is 0 Å². The van der Waals surface area contributed by atoms with Gasteiger partial charge in [0.05, 0.1) is 0 Å². The number of carbonyl (C=O) groups excluding carboxylic acids is 2. The molecule has 1 heterocycles. The molecule has 0 spiro atoms. The zero-order valence-electron chi connectivity index (χ0n) is 12.5. The summed E-state index contributed by atoms with van der Waals surface area (Å²) < 4.78 is 5.62. The quantitative estimate of drug-likeness (QED) is 0.386. The molecule has 2 amide bonds. The van der Waals surface area contributed by atoms with Crippen LogP contribution in [0.15, 0.2) is 24.3 Å². The molecule has 22 heavy (non-hydrogen) atoms. The van der Waals surface area contributed by atoms with E-state index in [1.807, 2.05) is 24.3 Å². The van der Waals surface area contributed by atoms with Gasteiger partial charge in [0.1, 0.15) is 5.75 Å². The molecule has 0 saturated heterocycles. The lowest BCUT2D eigenvalue weighted by molar-refractivity contribution is -0.129. The number of para-hydroxylation sites is 1. The number of amides is 2. The predicted molar refractivity (Wildman–Crippen MR) is 80.6 cm³/mol. The van der Waals surface area contributed by atoms with Gasteiger partial charge in [-0.1, -0.05) is 31.0 Å². The standard InChI is InChI=1S/C16H22N2O4/c19-15(18-21)9-3-1-2-6-10-17-16(20)14-11-12-7-4-5-8-13(12)22-14/h4-5,7-8,14,21H,1-3,6,9-11H2,(H,17,20)(H,18,19). The van der Waals surface area contributed by atoms with Crippen LogP contribution in [0.4, 0.5) is 0 Å². The zero-order chi connectivity index (χ0) is 15.8. The van der Waals surface area contributed by atoms with Crippen molar-refractivity contribution in [3.8, 4) is 5.75 Å². The van der Waals surface area contributed by atoms with Crippen molar-refractivity contribution in [1.82, 2.24) is 10.8 Å². The van der Waals surface area contributed by atoms with E-state index in [0.29, 0.717) is 19.4 Å². The van der Waals surface area contributed by atoms with Gasteiger partial charge < -0.3 is 10.1 Å². The smallest absolute Gasteiger partial charge is 0.261 e. The second kappa shape index (κ2) is 8.38. The minimum atomic E-state index is -0.425. The van der Waals surface area contributed by atoms with E-state index in [1.54, 1.807) is 5.48 Å². The maximum absolute atomic E-state index is 12.0. The maximum atomic E-state index is 12.0. The third-order valence-electron chi connectivity index (χ3n) is 3.69. The van der Waals surface area contributed by atoms with Crippen molar-refractivity contribution in [1.29, 1.82) is 0 Å². The van der Waals surface area contributed by atoms with Gasteiger partial charge >= 0.3 is 0 Å². The predicted octanol–water partition coefficient (Wildman–Crippen LogP) is 1.56. The Labute approximate surface area is 129 Å². The van der Waals surface area contributed by atoms with Gasteiger partial charge in [0.2, 0.25) is 5.91 Å². The fraction of sp³-hybridized carbons (Fsp3) is 0.500. The fourth-order valence-electron chi connectivity index (χ4n) is 2.47. The third kappa shape index (κ3) is 4.73. The topological polar surface area (TPSA) is 87.7 Å². The van der Waals surface area contributed by atoms with Crippen LogP contribution >= 0.6 is 0 Å². The van der Waals surface area contributed by atoms with E-state index in [-0.39, 0.29) is 11.8 Å². The van der Waals surface area contributed by atoms with E-state index in [0.717, 1.165) is 37.0 Å². The zero-order valence-corrected chi connectivity index (χ0v) is 12.5. The summed E-state index contributed by atoms with van der Waals surface area (Å²) in [6.07, 6.45) is 3.97. The second-order valence-electron chi connectivity index (χ2n) is 5.41. The van der Waals surface area contributed by atoms with Gasteiger partial charge in [-0.25, -0.2) is 5.48 Å². The Morgan fingerprint density at radius 3 is 2.73 bits per heavy atom. The van der Waals surface area contributed by atoms with Gasteiger partial charge in [-0.15, -0.1) is 0 Å². The fourth-order valence-corrected chi connectivity index (χ4v) is 2.47. The molecule has 1 aliphatic heterocycles. The normalized spacial score (nSPS) is 15.8. The summed E-state index contributed by atoms with van der Waals surface area (Å²) in [6, 6.07) is 7.70. The van der Waals surface area contributed by atoms with Gasteiger partial charge in [-0.2, -0.15) is 0 Å². The summed E-state index contributed by atoms with van der Waals surface area (Å²) in [7, 11) is 0. The number of hydroxylamine groups is 1. The molecular formula is C16H22N2O4. The van der Waals surface area contributed by atoms with Crippen LogP contribution in [0.3, 0.4) is 0 Å². The second-order valence-corrected chi connectivity index (χ2v) is 5.41. The summed E-state index contributed by atoms with van der Waals surface area (Å²) in [4.78, 5) is 22.8. The molecule has 1 atom stereocenters. The molecule has 2 rings (SSSR count). The number of hydrogen-bond donors (Lipinski definition) is 3. The number of hydrogen-bond acceptors (Lipinski definition) is 4. The molecule has 1 aromatic carbocycles. The van der Waals surface area contributed by atoms with Crippen molar-refractivity contribution in [2.75, 3.05) is 6.54 Å². The number of ether oxygens (including phenoxy) is 1. The lowest BCUT2D eigenvalue weighted by Gasteiger charge is -2.11. The molecule has 0 fully saturated rings. The van der Waals surface area contributed by atoms with E-state index in [2.05, 4.69) is 5.32 Å². The lowest BCUT2D eigenvalue weighted by atomic mass is 10.1. The first kappa shape index (κ1) is 16.3. The first-order valence-corrected chi connectivity index (χ1v) is 7.66. The Morgan fingerprint density at radius 2 is 1.95 bits per heavy atom. The number of unbranched alkanes of at least 4 members (excludes halogenated alkanes) is 3. The summed E-state index contributed by atoms with van der Waals surface area (Å²) >= 11 is 0. The first-order chi connectivity index (χ1) is 10.7. The summed E-state index contributed by atoms with van der Waals surface area (Å²) in [5, 5.41) is 11.2.